The van der Waals surface area contributed by atoms with Gasteiger partial charge in [0.15, 0.2) is 0 Å². The zero-order valence-corrected chi connectivity index (χ0v) is 13.5. The van der Waals surface area contributed by atoms with E-state index in [9.17, 15) is 4.39 Å². The van der Waals surface area contributed by atoms with Crippen LogP contribution in [0.25, 0.3) is 0 Å². The third kappa shape index (κ3) is 2.94. The van der Waals surface area contributed by atoms with Crippen molar-refractivity contribution in [3.8, 4) is 5.75 Å². The lowest BCUT2D eigenvalue weighted by atomic mass is 10.0. The first-order valence-electron chi connectivity index (χ1n) is 5.52. The van der Waals surface area contributed by atoms with Crippen molar-refractivity contribution >= 4 is 38.9 Å². The van der Waals surface area contributed by atoms with Crippen LogP contribution in [0.2, 0.25) is 4.34 Å². The molecule has 0 aliphatic carbocycles. The molecular formula is C13H12BrClFNOS. The van der Waals surface area contributed by atoms with Crippen molar-refractivity contribution in [2.75, 3.05) is 14.2 Å². The van der Waals surface area contributed by atoms with E-state index in [1.165, 1.54) is 24.5 Å². The summed E-state index contributed by atoms with van der Waals surface area (Å²) in [6.45, 7) is 0. The molecule has 19 heavy (non-hydrogen) atoms. The molecule has 1 atom stereocenters. The summed E-state index contributed by atoms with van der Waals surface area (Å²) in [6, 6.07) is 6.38. The van der Waals surface area contributed by atoms with Crippen molar-refractivity contribution in [2.45, 2.75) is 6.04 Å². The van der Waals surface area contributed by atoms with Gasteiger partial charge in [-0.05, 0) is 41.2 Å². The molecule has 0 aliphatic heterocycles. The van der Waals surface area contributed by atoms with E-state index in [4.69, 9.17) is 16.3 Å². The lowest BCUT2D eigenvalue weighted by Crippen LogP contribution is -2.18. The minimum Gasteiger partial charge on any atom is -0.496 e. The molecule has 1 aromatic carbocycles. The third-order valence-electron chi connectivity index (χ3n) is 2.76. The number of nitrogens with one attached hydrogen (secondary N) is 1. The molecule has 1 unspecified atom stereocenters. The molecule has 0 spiro atoms. The van der Waals surface area contributed by atoms with E-state index in [-0.39, 0.29) is 11.9 Å². The van der Waals surface area contributed by atoms with Crippen LogP contribution >= 0.6 is 38.9 Å². The molecule has 2 aromatic rings. The van der Waals surface area contributed by atoms with Gasteiger partial charge >= 0.3 is 0 Å². The maximum absolute atomic E-state index is 14.1. The third-order valence-corrected chi connectivity index (χ3v) is 5.30. The molecule has 1 aromatic heterocycles. The zero-order valence-electron chi connectivity index (χ0n) is 10.3. The summed E-state index contributed by atoms with van der Waals surface area (Å²) < 4.78 is 20.8. The van der Waals surface area contributed by atoms with Crippen LogP contribution in [-0.2, 0) is 0 Å². The quantitative estimate of drug-likeness (QED) is 0.854. The normalized spacial score (nSPS) is 12.5. The number of hydrogen-bond donors (Lipinski definition) is 1. The molecule has 0 saturated carbocycles. The number of thiophene rings is 1. The van der Waals surface area contributed by atoms with Gasteiger partial charge in [0.25, 0.3) is 0 Å². The Bertz CT molecular complexity index is 571. The van der Waals surface area contributed by atoms with Crippen LogP contribution in [0.3, 0.4) is 0 Å². The molecule has 0 saturated heterocycles. The average molecular weight is 365 g/mol. The number of ether oxygens (including phenoxy) is 1. The highest BCUT2D eigenvalue weighted by Gasteiger charge is 2.23. The molecule has 6 heteroatoms. The monoisotopic (exact) mass is 363 g/mol. The van der Waals surface area contributed by atoms with Crippen LogP contribution in [0.1, 0.15) is 16.5 Å². The molecule has 2 rings (SSSR count). The lowest BCUT2D eigenvalue weighted by molar-refractivity contribution is 0.399. The molecule has 102 valence electrons. The first-order chi connectivity index (χ1) is 9.08. The Labute approximate surface area is 128 Å². The largest absolute Gasteiger partial charge is 0.496 e. The van der Waals surface area contributed by atoms with Gasteiger partial charge in [-0.3, -0.25) is 0 Å². The minimum absolute atomic E-state index is 0.301. The molecule has 0 radical (unpaired) electrons. The average Bonchev–Trinajstić information content (AvgIpc) is 2.72. The number of hydrogen-bond acceptors (Lipinski definition) is 3. The van der Waals surface area contributed by atoms with Crippen LogP contribution in [0.15, 0.2) is 28.7 Å². The fourth-order valence-electron chi connectivity index (χ4n) is 1.91. The Kier molecular flexibility index (Phi) is 4.84. The summed E-state index contributed by atoms with van der Waals surface area (Å²) in [5.74, 6) is 0.208. The SMILES string of the molecule is CNC(c1cc(Br)c(Cl)s1)c1c(F)cccc1OC. The highest BCUT2D eigenvalue weighted by atomic mass is 79.9. The van der Waals surface area contributed by atoms with Gasteiger partial charge in [0.2, 0.25) is 0 Å². The summed E-state index contributed by atoms with van der Waals surface area (Å²) in [7, 11) is 3.31. The van der Waals surface area contributed by atoms with Crippen molar-refractivity contribution < 1.29 is 9.13 Å². The Morgan fingerprint density at radius 1 is 1.47 bits per heavy atom. The fraction of sp³-hybridized carbons (Fsp3) is 0.231. The van der Waals surface area contributed by atoms with Crippen LogP contribution < -0.4 is 10.1 Å². The molecule has 0 amide bonds. The lowest BCUT2D eigenvalue weighted by Gasteiger charge is -2.18. The van der Waals surface area contributed by atoms with Gasteiger partial charge in [0, 0.05) is 9.35 Å². The van der Waals surface area contributed by atoms with Gasteiger partial charge in [-0.1, -0.05) is 17.7 Å². The Balaban J connectivity index is 2.53. The second kappa shape index (κ2) is 6.22. The number of methoxy groups -OCH3 is 1. The van der Waals surface area contributed by atoms with E-state index in [2.05, 4.69) is 21.2 Å². The van der Waals surface area contributed by atoms with E-state index < -0.39 is 0 Å². The Morgan fingerprint density at radius 2 is 2.21 bits per heavy atom. The fourth-order valence-corrected chi connectivity index (χ4v) is 3.77. The summed E-state index contributed by atoms with van der Waals surface area (Å²) in [4.78, 5) is 0.919. The van der Waals surface area contributed by atoms with E-state index >= 15 is 0 Å². The highest BCUT2D eigenvalue weighted by Crippen LogP contribution is 2.40. The van der Waals surface area contributed by atoms with Gasteiger partial charge in [-0.15, -0.1) is 11.3 Å². The Morgan fingerprint density at radius 3 is 2.74 bits per heavy atom. The van der Waals surface area contributed by atoms with Gasteiger partial charge < -0.3 is 10.1 Å². The number of rotatable bonds is 4. The molecule has 0 aliphatic rings. The van der Waals surface area contributed by atoms with Crippen LogP contribution in [0.5, 0.6) is 5.75 Å². The van der Waals surface area contributed by atoms with E-state index in [1.54, 1.807) is 19.2 Å². The predicted octanol–water partition coefficient (Wildman–Crippen LogP) is 4.62. The Hall–Kier alpha value is -0.620. The molecule has 2 nitrogen and oxygen atoms in total. The number of halogens is 3. The molecule has 1 N–H and O–H groups in total. The van der Waals surface area contributed by atoms with E-state index in [0.29, 0.717) is 15.6 Å². The van der Waals surface area contributed by atoms with Gasteiger partial charge in [0.1, 0.15) is 15.9 Å². The topological polar surface area (TPSA) is 21.3 Å². The van der Waals surface area contributed by atoms with Crippen LogP contribution in [0, 0.1) is 5.82 Å². The van der Waals surface area contributed by atoms with Crippen molar-refractivity contribution in [1.82, 2.24) is 5.32 Å². The van der Waals surface area contributed by atoms with Gasteiger partial charge in [0.05, 0.1) is 18.7 Å². The van der Waals surface area contributed by atoms with Gasteiger partial charge in [-0.25, -0.2) is 4.39 Å². The predicted molar refractivity (Wildman–Crippen MR) is 80.9 cm³/mol. The second-order valence-corrected chi connectivity index (χ2v) is 6.39. The summed E-state index contributed by atoms with van der Waals surface area (Å²) in [6.07, 6.45) is 0. The molecule has 1 heterocycles. The van der Waals surface area contributed by atoms with E-state index in [0.717, 1.165) is 9.35 Å². The summed E-state index contributed by atoms with van der Waals surface area (Å²) >= 11 is 10.8. The summed E-state index contributed by atoms with van der Waals surface area (Å²) in [5, 5.41) is 3.10. The van der Waals surface area contributed by atoms with Crippen LogP contribution in [0.4, 0.5) is 4.39 Å². The first kappa shape index (κ1) is 14.8. The minimum atomic E-state index is -0.306. The smallest absolute Gasteiger partial charge is 0.132 e. The molecule has 0 bridgehead atoms. The zero-order chi connectivity index (χ0) is 14.0. The van der Waals surface area contributed by atoms with Gasteiger partial charge in [-0.2, -0.15) is 0 Å². The van der Waals surface area contributed by atoms with E-state index in [1.807, 2.05) is 6.07 Å². The number of benzene rings is 1. The maximum Gasteiger partial charge on any atom is 0.132 e. The first-order valence-corrected chi connectivity index (χ1v) is 7.51. The second-order valence-electron chi connectivity index (χ2n) is 3.85. The molecule has 0 fully saturated rings. The molecular weight excluding hydrogens is 353 g/mol. The highest BCUT2D eigenvalue weighted by molar-refractivity contribution is 9.10. The standard InChI is InChI=1S/C13H12BrClFNOS/c1-17-12(10-6-7(14)13(15)19-10)11-8(16)4-3-5-9(11)18-2/h3-6,12,17H,1-2H3. The van der Waals surface area contributed by atoms with Crippen molar-refractivity contribution in [1.29, 1.82) is 0 Å². The maximum atomic E-state index is 14.1. The van der Waals surface area contributed by atoms with Crippen molar-refractivity contribution in [3.63, 3.8) is 0 Å². The van der Waals surface area contributed by atoms with Crippen LogP contribution in [-0.4, -0.2) is 14.2 Å². The van der Waals surface area contributed by atoms with Crippen molar-refractivity contribution in [3.05, 3.63) is 49.3 Å². The van der Waals surface area contributed by atoms with Crippen molar-refractivity contribution in [2.24, 2.45) is 0 Å². The summed E-state index contributed by atoms with van der Waals surface area (Å²) in [5.41, 5.74) is 0.484.